The molecule has 3 rings (SSSR count). The summed E-state index contributed by atoms with van der Waals surface area (Å²) in [5.41, 5.74) is 8.29. The fourth-order valence-electron chi connectivity index (χ4n) is 2.55. The topological polar surface area (TPSA) is 112 Å². The normalized spacial score (nSPS) is 13.0. The number of aromatic amines is 1. The summed E-state index contributed by atoms with van der Waals surface area (Å²) >= 11 is 0. The number of rotatable bonds is 4. The zero-order chi connectivity index (χ0) is 15.7. The number of hydrogen-bond acceptors (Lipinski definition) is 4. The van der Waals surface area contributed by atoms with Crippen LogP contribution in [0.2, 0.25) is 0 Å². The van der Waals surface area contributed by atoms with Crippen molar-refractivity contribution in [3.05, 3.63) is 48.0 Å². The van der Waals surface area contributed by atoms with Crippen molar-refractivity contribution in [3.63, 3.8) is 0 Å². The molecule has 0 saturated heterocycles. The first-order valence-electron chi connectivity index (χ1n) is 6.80. The molecule has 0 saturated carbocycles. The average Bonchev–Trinajstić information content (AvgIpc) is 2.89. The Kier molecular flexibility index (Phi) is 5.43. The minimum atomic E-state index is -1.13. The molecule has 6 nitrogen and oxygen atoms in total. The van der Waals surface area contributed by atoms with E-state index in [1.54, 1.807) is 6.07 Å². The number of aliphatic carboxylic acids is 1. The van der Waals surface area contributed by atoms with Crippen molar-refractivity contribution in [1.29, 1.82) is 0 Å². The molecular formula is C16H16N3NaO3. The van der Waals surface area contributed by atoms with Gasteiger partial charge in [0.05, 0.1) is 5.71 Å². The van der Waals surface area contributed by atoms with Crippen molar-refractivity contribution in [3.8, 4) is 0 Å². The van der Waals surface area contributed by atoms with Crippen LogP contribution in [-0.4, -0.2) is 62.6 Å². The van der Waals surface area contributed by atoms with Crippen molar-refractivity contribution in [2.24, 2.45) is 10.9 Å². The summed E-state index contributed by atoms with van der Waals surface area (Å²) in [6, 6.07) is 12.4. The molecule has 1 atom stereocenters. The number of aromatic nitrogens is 1. The van der Waals surface area contributed by atoms with Gasteiger partial charge in [-0.1, -0.05) is 35.5 Å². The third kappa shape index (κ3) is 3.40. The van der Waals surface area contributed by atoms with Gasteiger partial charge in [-0.15, -0.1) is 0 Å². The van der Waals surface area contributed by atoms with Gasteiger partial charge in [0.1, 0.15) is 6.04 Å². The van der Waals surface area contributed by atoms with Crippen LogP contribution in [0.15, 0.2) is 47.6 Å². The second-order valence-electron chi connectivity index (χ2n) is 5.13. The Balaban J connectivity index is 0.00000192. The first kappa shape index (κ1) is 17.5. The van der Waals surface area contributed by atoms with E-state index >= 15 is 0 Å². The molecule has 114 valence electrons. The molecule has 1 unspecified atom stereocenters. The first-order valence-corrected chi connectivity index (χ1v) is 6.80. The van der Waals surface area contributed by atoms with Gasteiger partial charge in [0, 0.05) is 33.8 Å². The van der Waals surface area contributed by atoms with Crippen molar-refractivity contribution in [2.45, 2.75) is 12.5 Å². The number of benzene rings is 2. The number of nitrogens with two attached hydrogens (primary N) is 1. The number of nitrogens with one attached hydrogen (secondary N) is 1. The van der Waals surface area contributed by atoms with Crippen LogP contribution in [-0.2, 0) is 4.79 Å². The Bertz CT molecular complexity index is 889. The summed E-state index contributed by atoms with van der Waals surface area (Å²) in [5.74, 6) is -1.13. The molecule has 23 heavy (non-hydrogen) atoms. The maximum absolute atomic E-state index is 10.8. The quantitative estimate of drug-likeness (QED) is 0.253. The summed E-state index contributed by atoms with van der Waals surface area (Å²) < 4.78 is 0. The average molecular weight is 321 g/mol. The number of oxime groups is 1. The molecule has 0 spiro atoms. The van der Waals surface area contributed by atoms with E-state index < -0.39 is 12.0 Å². The van der Waals surface area contributed by atoms with E-state index in [2.05, 4.69) is 10.1 Å². The van der Waals surface area contributed by atoms with Crippen LogP contribution in [0, 0.1) is 0 Å². The van der Waals surface area contributed by atoms with Gasteiger partial charge in [-0.05, 0) is 12.1 Å². The third-order valence-electron chi connectivity index (χ3n) is 3.69. The summed E-state index contributed by atoms with van der Waals surface area (Å²) in [4.78, 5) is 14.1. The number of carboxylic acid groups (broad SMARTS) is 1. The van der Waals surface area contributed by atoms with Gasteiger partial charge < -0.3 is 21.0 Å². The van der Waals surface area contributed by atoms with Crippen molar-refractivity contribution in [1.82, 2.24) is 4.98 Å². The zero-order valence-electron chi connectivity index (χ0n) is 11.7. The van der Waals surface area contributed by atoms with E-state index in [0.29, 0.717) is 5.56 Å². The zero-order valence-corrected chi connectivity index (χ0v) is 11.7. The fourth-order valence-corrected chi connectivity index (χ4v) is 2.55. The first-order chi connectivity index (χ1) is 10.6. The molecule has 5 N–H and O–H groups in total. The van der Waals surface area contributed by atoms with Gasteiger partial charge in [0.25, 0.3) is 0 Å². The van der Waals surface area contributed by atoms with Gasteiger partial charge in [0.2, 0.25) is 0 Å². The van der Waals surface area contributed by atoms with Crippen LogP contribution in [0.5, 0.6) is 0 Å². The van der Waals surface area contributed by atoms with Crippen LogP contribution in [0.3, 0.4) is 0 Å². The van der Waals surface area contributed by atoms with Crippen molar-refractivity contribution in [2.75, 3.05) is 0 Å². The Labute approximate surface area is 154 Å². The molecule has 0 bridgehead atoms. The molecule has 0 radical (unpaired) electrons. The SMILES string of the molecule is NC(C/C(=N\O)c1ccc2c(c1)[nH]c1ccccc12)C(=O)O.[NaH]. The summed E-state index contributed by atoms with van der Waals surface area (Å²) in [5, 5.41) is 23.4. The van der Waals surface area contributed by atoms with E-state index in [4.69, 9.17) is 16.0 Å². The van der Waals surface area contributed by atoms with E-state index in [-0.39, 0.29) is 41.7 Å². The molecule has 0 aliphatic carbocycles. The fraction of sp³-hybridized carbons (Fsp3) is 0.125. The number of carbonyl (C=O) groups is 1. The standard InChI is InChI=1S/C16H15N3O3.Na.H/c17-12(16(20)21)8-14(19-22)9-5-6-11-10-3-1-2-4-13(10)18-15(11)7-9;;/h1-7,12,18,22H,8,17H2,(H,20,21);;/b19-14+;;. The summed E-state index contributed by atoms with van der Waals surface area (Å²) in [6.45, 7) is 0. The van der Waals surface area contributed by atoms with E-state index in [1.807, 2.05) is 36.4 Å². The van der Waals surface area contributed by atoms with Crippen LogP contribution in [0.25, 0.3) is 21.8 Å². The van der Waals surface area contributed by atoms with Crippen LogP contribution in [0.4, 0.5) is 0 Å². The van der Waals surface area contributed by atoms with Gasteiger partial charge in [-0.3, -0.25) is 4.79 Å². The maximum atomic E-state index is 10.8. The molecule has 0 aliphatic heterocycles. The van der Waals surface area contributed by atoms with Gasteiger partial charge in [-0.25, -0.2) is 0 Å². The summed E-state index contributed by atoms with van der Waals surface area (Å²) in [6.07, 6.45) is -0.0441. The van der Waals surface area contributed by atoms with Gasteiger partial charge in [-0.2, -0.15) is 0 Å². The van der Waals surface area contributed by atoms with Crippen LogP contribution in [0.1, 0.15) is 12.0 Å². The molecule has 3 aromatic rings. The van der Waals surface area contributed by atoms with Crippen molar-refractivity contribution < 1.29 is 15.1 Å². The third-order valence-corrected chi connectivity index (χ3v) is 3.69. The Morgan fingerprint density at radius 1 is 1.17 bits per heavy atom. The van der Waals surface area contributed by atoms with Crippen molar-refractivity contribution >= 4 is 63.0 Å². The van der Waals surface area contributed by atoms with Gasteiger partial charge in [0.15, 0.2) is 0 Å². The van der Waals surface area contributed by atoms with Gasteiger partial charge >= 0.3 is 35.5 Å². The number of hydrogen-bond donors (Lipinski definition) is 4. The number of H-pyrrole nitrogens is 1. The summed E-state index contributed by atoms with van der Waals surface area (Å²) in [7, 11) is 0. The molecule has 0 fully saturated rings. The van der Waals surface area contributed by atoms with E-state index in [1.165, 1.54) is 0 Å². The molecule has 0 aliphatic rings. The Morgan fingerprint density at radius 2 is 1.87 bits per heavy atom. The van der Waals surface area contributed by atoms with Crippen LogP contribution < -0.4 is 5.73 Å². The second kappa shape index (κ2) is 7.14. The van der Waals surface area contributed by atoms with E-state index in [0.717, 1.165) is 21.8 Å². The monoisotopic (exact) mass is 321 g/mol. The molecule has 1 aromatic heterocycles. The number of nitrogens with zero attached hydrogens (tertiary/aromatic N) is 1. The predicted octanol–water partition coefficient (Wildman–Crippen LogP) is 1.65. The number of carboxylic acids is 1. The predicted molar refractivity (Wildman–Crippen MR) is 91.5 cm³/mol. The Morgan fingerprint density at radius 3 is 2.57 bits per heavy atom. The number of para-hydroxylation sites is 1. The van der Waals surface area contributed by atoms with Crippen LogP contribution >= 0.6 is 0 Å². The Hall–Kier alpha value is -1.86. The molecule has 0 amide bonds. The second-order valence-corrected chi connectivity index (χ2v) is 5.13. The van der Waals surface area contributed by atoms with E-state index in [9.17, 15) is 4.79 Å². The number of fused-ring (bicyclic) bond motifs is 3. The molecule has 1 heterocycles. The minimum absolute atomic E-state index is 0. The molecule has 2 aromatic carbocycles. The molecular weight excluding hydrogens is 305 g/mol. The molecule has 7 heteroatoms.